The number of thiophene rings is 1. The molecule has 0 atom stereocenters. The van der Waals surface area contributed by atoms with E-state index in [-0.39, 0.29) is 11.4 Å². The zero-order valence-electron chi connectivity index (χ0n) is 20.4. The summed E-state index contributed by atoms with van der Waals surface area (Å²) in [4.78, 5) is 28.4. The molecule has 0 N–H and O–H groups in total. The van der Waals surface area contributed by atoms with E-state index in [1.54, 1.807) is 16.2 Å². The molecule has 5 aromatic rings. The first-order chi connectivity index (χ1) is 18.6. The molecule has 6 rings (SSSR count). The Morgan fingerprint density at radius 2 is 1.89 bits per heavy atom. The van der Waals surface area contributed by atoms with Crippen LogP contribution in [-0.4, -0.2) is 60.2 Å². The average molecular weight is 551 g/mol. The van der Waals surface area contributed by atoms with E-state index in [0.29, 0.717) is 52.8 Å². The number of ether oxygens (including phenoxy) is 1. The van der Waals surface area contributed by atoms with Crippen LogP contribution in [0.1, 0.15) is 16.8 Å². The fraction of sp³-hybridized carbons (Fsp3) is 0.250. The van der Waals surface area contributed by atoms with Crippen LogP contribution in [0.5, 0.6) is 0 Å². The van der Waals surface area contributed by atoms with Crippen LogP contribution >= 0.6 is 22.7 Å². The van der Waals surface area contributed by atoms with E-state index in [0.717, 1.165) is 47.3 Å². The van der Waals surface area contributed by atoms with E-state index in [1.165, 1.54) is 6.07 Å². The zero-order valence-corrected chi connectivity index (χ0v) is 22.0. The Kier molecular flexibility index (Phi) is 7.12. The smallest absolute Gasteiger partial charge is 0.260 e. The first-order valence-electron chi connectivity index (χ1n) is 12.4. The van der Waals surface area contributed by atoms with Crippen LogP contribution in [-0.2, 0) is 4.74 Å². The molecule has 0 radical (unpaired) electrons. The summed E-state index contributed by atoms with van der Waals surface area (Å²) < 4.78 is 34.3. The predicted octanol–water partition coefficient (Wildman–Crippen LogP) is 6.22. The summed E-state index contributed by atoms with van der Waals surface area (Å²) in [6, 6.07) is 15.4. The van der Waals surface area contributed by atoms with Crippen LogP contribution in [0, 0.1) is 11.6 Å². The van der Waals surface area contributed by atoms with Crippen LogP contribution in [0.3, 0.4) is 0 Å². The van der Waals surface area contributed by atoms with Crippen molar-refractivity contribution in [1.29, 1.82) is 0 Å². The maximum absolute atomic E-state index is 14.5. The van der Waals surface area contributed by atoms with Crippen LogP contribution < -0.4 is 4.90 Å². The summed E-state index contributed by atoms with van der Waals surface area (Å²) in [5.74, 6) is -1.66. The molecule has 3 aromatic heterocycles. The van der Waals surface area contributed by atoms with Gasteiger partial charge in [0.15, 0.2) is 10.9 Å². The van der Waals surface area contributed by atoms with Gasteiger partial charge in [-0.15, -0.1) is 11.3 Å². The maximum atomic E-state index is 14.5. The molecule has 38 heavy (non-hydrogen) atoms. The van der Waals surface area contributed by atoms with Gasteiger partial charge in [0.1, 0.15) is 11.3 Å². The number of rotatable bonds is 7. The van der Waals surface area contributed by atoms with Gasteiger partial charge in [-0.3, -0.25) is 14.6 Å². The number of aromatic nitrogens is 2. The van der Waals surface area contributed by atoms with Crippen molar-refractivity contribution < 1.29 is 18.3 Å². The highest BCUT2D eigenvalue weighted by Gasteiger charge is 2.25. The first kappa shape index (κ1) is 25.0. The minimum atomic E-state index is -0.738. The van der Waals surface area contributed by atoms with Crippen molar-refractivity contribution in [2.45, 2.75) is 6.42 Å². The Morgan fingerprint density at radius 3 is 2.71 bits per heavy atom. The van der Waals surface area contributed by atoms with Crippen molar-refractivity contribution in [2.24, 2.45) is 0 Å². The topological polar surface area (TPSA) is 58.6 Å². The van der Waals surface area contributed by atoms with Gasteiger partial charge in [-0.05, 0) is 36.1 Å². The lowest BCUT2D eigenvalue weighted by molar-refractivity contribution is 0.0376. The molecule has 1 aliphatic heterocycles. The number of halogens is 2. The Morgan fingerprint density at radius 1 is 1.05 bits per heavy atom. The van der Waals surface area contributed by atoms with Gasteiger partial charge in [0.05, 0.1) is 39.6 Å². The number of anilines is 1. The van der Waals surface area contributed by atoms with Crippen molar-refractivity contribution in [3.05, 3.63) is 77.2 Å². The molecule has 0 bridgehead atoms. The van der Waals surface area contributed by atoms with Crippen molar-refractivity contribution in [1.82, 2.24) is 14.9 Å². The molecule has 194 valence electrons. The van der Waals surface area contributed by atoms with Gasteiger partial charge in [-0.1, -0.05) is 35.6 Å². The molecule has 0 aliphatic carbocycles. The van der Waals surface area contributed by atoms with E-state index in [1.807, 2.05) is 47.8 Å². The lowest BCUT2D eigenvalue weighted by Gasteiger charge is -2.28. The Hall–Kier alpha value is -3.31. The summed E-state index contributed by atoms with van der Waals surface area (Å²) in [6.45, 7) is 4.25. The highest BCUT2D eigenvalue weighted by molar-refractivity contribution is 7.22. The molecule has 6 nitrogen and oxygen atoms in total. The van der Waals surface area contributed by atoms with Crippen LogP contribution in [0.2, 0.25) is 0 Å². The first-order valence-corrected chi connectivity index (χ1v) is 14.1. The van der Waals surface area contributed by atoms with Crippen molar-refractivity contribution in [3.63, 3.8) is 0 Å². The SMILES string of the molecule is O=C(c1cc(-c2cccs2)nc2ccccc12)N(CCCN1CCOCC1)c1nc2c(F)cc(F)cc2s1. The van der Waals surface area contributed by atoms with Crippen molar-refractivity contribution >= 4 is 54.8 Å². The lowest BCUT2D eigenvalue weighted by Crippen LogP contribution is -2.39. The average Bonchev–Trinajstić information content (AvgIpc) is 3.62. The molecule has 4 heterocycles. The summed E-state index contributed by atoms with van der Waals surface area (Å²) in [5.41, 5.74) is 1.99. The molecule has 1 saturated heterocycles. The standard InChI is InChI=1S/C28H24F2N4O2S2/c29-18-15-21(30)26-25(16-18)38-28(32-26)34(9-4-8-33-10-12-36-13-11-33)27(35)20-17-23(24-7-3-14-37-24)31-22-6-2-1-5-19(20)22/h1-3,5-7,14-17H,4,8-13H2. The summed E-state index contributed by atoms with van der Waals surface area (Å²) in [5, 5.41) is 3.05. The van der Waals surface area contributed by atoms with E-state index in [2.05, 4.69) is 9.88 Å². The minimum absolute atomic E-state index is 0.0660. The molecule has 0 spiro atoms. The van der Waals surface area contributed by atoms with Gasteiger partial charge in [0.25, 0.3) is 5.91 Å². The number of nitrogens with zero attached hydrogens (tertiary/aromatic N) is 4. The Labute approximate surface area is 226 Å². The van der Waals surface area contributed by atoms with E-state index >= 15 is 0 Å². The predicted molar refractivity (Wildman–Crippen MR) is 148 cm³/mol. The molecule has 1 fully saturated rings. The monoisotopic (exact) mass is 550 g/mol. The molecule has 1 amide bonds. The number of hydrogen-bond donors (Lipinski definition) is 0. The molecule has 2 aromatic carbocycles. The number of morpholine rings is 1. The number of amides is 1. The number of benzene rings is 2. The highest BCUT2D eigenvalue weighted by atomic mass is 32.1. The second-order valence-electron chi connectivity index (χ2n) is 9.04. The van der Waals surface area contributed by atoms with Crippen LogP contribution in [0.15, 0.2) is 60.0 Å². The fourth-order valence-corrected chi connectivity index (χ4v) is 6.39. The number of hydrogen-bond acceptors (Lipinski definition) is 7. The number of fused-ring (bicyclic) bond motifs is 2. The molecule has 1 aliphatic rings. The third kappa shape index (κ3) is 5.04. The van der Waals surface area contributed by atoms with Gasteiger partial charge in [0.2, 0.25) is 0 Å². The van der Waals surface area contributed by atoms with Gasteiger partial charge in [0, 0.05) is 37.6 Å². The number of thiazole rings is 1. The van der Waals surface area contributed by atoms with Crippen LogP contribution in [0.25, 0.3) is 31.7 Å². The van der Waals surface area contributed by atoms with Crippen molar-refractivity contribution in [3.8, 4) is 10.6 Å². The number of carbonyl (C=O) groups is 1. The maximum Gasteiger partial charge on any atom is 0.260 e. The second-order valence-corrected chi connectivity index (χ2v) is 11.0. The third-order valence-corrected chi connectivity index (χ3v) is 8.48. The zero-order chi connectivity index (χ0) is 26.1. The third-order valence-electron chi connectivity index (χ3n) is 6.56. The second kappa shape index (κ2) is 10.8. The number of carbonyl (C=O) groups excluding carboxylic acids is 1. The number of pyridine rings is 1. The van der Waals surface area contributed by atoms with Crippen LogP contribution in [0.4, 0.5) is 13.9 Å². The Bertz CT molecular complexity index is 1600. The van der Waals surface area contributed by atoms with Gasteiger partial charge >= 0.3 is 0 Å². The molecular weight excluding hydrogens is 526 g/mol. The molecule has 10 heteroatoms. The van der Waals surface area contributed by atoms with Crippen molar-refractivity contribution in [2.75, 3.05) is 44.3 Å². The highest BCUT2D eigenvalue weighted by Crippen LogP contribution is 2.34. The largest absolute Gasteiger partial charge is 0.379 e. The lowest BCUT2D eigenvalue weighted by atomic mass is 10.1. The normalized spacial score (nSPS) is 14.4. The quantitative estimate of drug-likeness (QED) is 0.241. The molecular formula is C28H24F2N4O2S2. The minimum Gasteiger partial charge on any atom is -0.379 e. The van der Waals surface area contributed by atoms with E-state index < -0.39 is 11.6 Å². The Balaban J connectivity index is 1.40. The van der Waals surface area contributed by atoms with Gasteiger partial charge < -0.3 is 4.74 Å². The van der Waals surface area contributed by atoms with Gasteiger partial charge in [-0.25, -0.2) is 18.7 Å². The summed E-state index contributed by atoms with van der Waals surface area (Å²) >= 11 is 2.67. The summed E-state index contributed by atoms with van der Waals surface area (Å²) in [7, 11) is 0. The fourth-order valence-electron chi connectivity index (χ4n) is 4.67. The number of para-hydroxylation sites is 1. The van der Waals surface area contributed by atoms with E-state index in [4.69, 9.17) is 9.72 Å². The van der Waals surface area contributed by atoms with Gasteiger partial charge in [-0.2, -0.15) is 0 Å². The molecule has 0 unspecified atom stereocenters. The van der Waals surface area contributed by atoms with E-state index in [9.17, 15) is 13.6 Å². The molecule has 0 saturated carbocycles. The summed E-state index contributed by atoms with van der Waals surface area (Å²) in [6.07, 6.45) is 0.694.